The standard InChI is InChI=1S/C21H23N5O2/c1-28-18-4-2-15(3-5-18)13-25-21(27)16-6-10-26(11-7-16)17-12-19-20(24-14-17)23-9-8-22-19/h2-5,8-9,12,14,16H,6-7,10-11,13H2,1H3,(H,25,27). The minimum atomic E-state index is 0.0442. The maximum absolute atomic E-state index is 12.5. The second-order valence-corrected chi connectivity index (χ2v) is 6.92. The van der Waals surface area contributed by atoms with Gasteiger partial charge in [-0.3, -0.25) is 9.78 Å². The highest BCUT2D eigenvalue weighted by Gasteiger charge is 2.25. The summed E-state index contributed by atoms with van der Waals surface area (Å²) in [5.74, 6) is 0.984. The van der Waals surface area contributed by atoms with Crippen LogP contribution in [0, 0.1) is 5.92 Å². The van der Waals surface area contributed by atoms with Gasteiger partial charge in [-0.1, -0.05) is 12.1 Å². The fourth-order valence-corrected chi connectivity index (χ4v) is 3.50. The van der Waals surface area contributed by atoms with E-state index >= 15 is 0 Å². The van der Waals surface area contributed by atoms with Gasteiger partial charge in [0.1, 0.15) is 11.3 Å². The Morgan fingerprint density at radius 2 is 1.89 bits per heavy atom. The van der Waals surface area contributed by atoms with Crippen LogP contribution in [-0.2, 0) is 11.3 Å². The number of amides is 1. The van der Waals surface area contributed by atoms with Crippen molar-refractivity contribution in [2.45, 2.75) is 19.4 Å². The van der Waals surface area contributed by atoms with E-state index in [1.165, 1.54) is 0 Å². The number of carbonyl (C=O) groups excluding carboxylic acids is 1. The Bertz CT molecular complexity index is 952. The van der Waals surface area contributed by atoms with Gasteiger partial charge in [0.2, 0.25) is 5.91 Å². The monoisotopic (exact) mass is 377 g/mol. The van der Waals surface area contributed by atoms with Crippen LogP contribution in [0.1, 0.15) is 18.4 Å². The number of anilines is 1. The third kappa shape index (κ3) is 4.03. The van der Waals surface area contributed by atoms with Gasteiger partial charge < -0.3 is 15.0 Å². The summed E-state index contributed by atoms with van der Waals surface area (Å²) >= 11 is 0. The van der Waals surface area contributed by atoms with Crippen molar-refractivity contribution in [2.24, 2.45) is 5.92 Å². The third-order valence-corrected chi connectivity index (χ3v) is 5.17. The Morgan fingerprint density at radius 1 is 1.14 bits per heavy atom. The van der Waals surface area contributed by atoms with E-state index < -0.39 is 0 Å². The van der Waals surface area contributed by atoms with E-state index in [0.717, 1.165) is 48.4 Å². The smallest absolute Gasteiger partial charge is 0.223 e. The summed E-state index contributed by atoms with van der Waals surface area (Å²) in [5, 5.41) is 3.06. The number of ether oxygens (including phenoxy) is 1. The molecular weight excluding hydrogens is 354 g/mol. The number of benzene rings is 1. The number of hydrogen-bond donors (Lipinski definition) is 1. The first-order valence-corrected chi connectivity index (χ1v) is 9.45. The van der Waals surface area contributed by atoms with Crippen molar-refractivity contribution in [2.75, 3.05) is 25.1 Å². The molecule has 0 spiro atoms. The van der Waals surface area contributed by atoms with Crippen LogP contribution in [-0.4, -0.2) is 41.1 Å². The molecule has 4 rings (SSSR count). The maximum Gasteiger partial charge on any atom is 0.223 e. The number of nitrogens with zero attached hydrogens (tertiary/aromatic N) is 4. The predicted molar refractivity (Wildman–Crippen MR) is 107 cm³/mol. The highest BCUT2D eigenvalue weighted by atomic mass is 16.5. The highest BCUT2D eigenvalue weighted by molar-refractivity contribution is 5.79. The molecule has 144 valence electrons. The normalized spacial score (nSPS) is 14.8. The summed E-state index contributed by atoms with van der Waals surface area (Å²) in [6.07, 6.45) is 6.80. The van der Waals surface area contributed by atoms with Gasteiger partial charge in [0.25, 0.3) is 0 Å². The zero-order chi connectivity index (χ0) is 19.3. The number of piperidine rings is 1. The number of carbonyl (C=O) groups is 1. The molecule has 0 radical (unpaired) electrons. The van der Waals surface area contributed by atoms with Crippen molar-refractivity contribution in [3.63, 3.8) is 0 Å². The Hall–Kier alpha value is -3.22. The average molecular weight is 377 g/mol. The molecule has 3 aromatic rings. The molecule has 1 aromatic carbocycles. The van der Waals surface area contributed by atoms with Gasteiger partial charge in [0.05, 0.1) is 19.0 Å². The van der Waals surface area contributed by atoms with Crippen molar-refractivity contribution in [3.05, 3.63) is 54.5 Å². The lowest BCUT2D eigenvalue weighted by Crippen LogP contribution is -2.40. The summed E-state index contributed by atoms with van der Waals surface area (Å²) < 4.78 is 5.16. The molecule has 1 amide bonds. The lowest BCUT2D eigenvalue weighted by Gasteiger charge is -2.32. The second-order valence-electron chi connectivity index (χ2n) is 6.92. The third-order valence-electron chi connectivity index (χ3n) is 5.17. The topological polar surface area (TPSA) is 80.2 Å². The SMILES string of the molecule is COc1ccc(CNC(=O)C2CCN(c3cnc4nccnc4c3)CC2)cc1. The number of nitrogens with one attached hydrogen (secondary N) is 1. The zero-order valence-electron chi connectivity index (χ0n) is 15.8. The van der Waals surface area contributed by atoms with Crippen LogP contribution in [0.4, 0.5) is 5.69 Å². The first-order valence-electron chi connectivity index (χ1n) is 9.45. The summed E-state index contributed by atoms with van der Waals surface area (Å²) in [5.41, 5.74) is 3.54. The van der Waals surface area contributed by atoms with Crippen LogP contribution < -0.4 is 15.0 Å². The van der Waals surface area contributed by atoms with Gasteiger partial charge >= 0.3 is 0 Å². The first kappa shape index (κ1) is 18.2. The van der Waals surface area contributed by atoms with Crippen molar-refractivity contribution < 1.29 is 9.53 Å². The zero-order valence-corrected chi connectivity index (χ0v) is 15.8. The first-order chi connectivity index (χ1) is 13.7. The van der Waals surface area contributed by atoms with E-state index in [-0.39, 0.29) is 11.8 Å². The van der Waals surface area contributed by atoms with Crippen molar-refractivity contribution >= 4 is 22.8 Å². The van der Waals surface area contributed by atoms with Crippen LogP contribution in [0.3, 0.4) is 0 Å². The highest BCUT2D eigenvalue weighted by Crippen LogP contribution is 2.24. The van der Waals surface area contributed by atoms with Crippen molar-refractivity contribution in [1.82, 2.24) is 20.3 Å². The van der Waals surface area contributed by atoms with Crippen molar-refractivity contribution in [1.29, 1.82) is 0 Å². The molecule has 28 heavy (non-hydrogen) atoms. The molecule has 3 heterocycles. The summed E-state index contributed by atoms with van der Waals surface area (Å²) in [7, 11) is 1.64. The fourth-order valence-electron chi connectivity index (χ4n) is 3.50. The molecule has 1 fully saturated rings. The Kier molecular flexibility index (Phi) is 5.32. The molecule has 0 unspecified atom stereocenters. The molecule has 0 bridgehead atoms. The molecular formula is C21H23N5O2. The number of aromatic nitrogens is 3. The fraction of sp³-hybridized carbons (Fsp3) is 0.333. The molecule has 0 aliphatic carbocycles. The van der Waals surface area contributed by atoms with E-state index in [4.69, 9.17) is 4.74 Å². The number of rotatable bonds is 5. The minimum absolute atomic E-state index is 0.0442. The summed E-state index contributed by atoms with van der Waals surface area (Å²) in [4.78, 5) is 27.7. The predicted octanol–water partition coefficient (Wildman–Crippen LogP) is 2.57. The van der Waals surface area contributed by atoms with Crippen LogP contribution >= 0.6 is 0 Å². The average Bonchev–Trinajstić information content (AvgIpc) is 2.77. The van der Waals surface area contributed by atoms with Gasteiger partial charge in [-0.25, -0.2) is 9.97 Å². The number of methoxy groups -OCH3 is 1. The Morgan fingerprint density at radius 3 is 2.64 bits per heavy atom. The molecule has 2 aromatic heterocycles. The summed E-state index contributed by atoms with van der Waals surface area (Å²) in [6.45, 7) is 2.19. The minimum Gasteiger partial charge on any atom is -0.497 e. The molecule has 7 nitrogen and oxygen atoms in total. The van der Waals surface area contributed by atoms with Gasteiger partial charge in [0, 0.05) is 37.9 Å². The summed E-state index contributed by atoms with van der Waals surface area (Å²) in [6, 6.07) is 9.76. The van der Waals surface area contributed by atoms with Crippen LogP contribution in [0.15, 0.2) is 48.9 Å². The lowest BCUT2D eigenvalue weighted by molar-refractivity contribution is -0.125. The molecule has 1 aliphatic heterocycles. The van der Waals surface area contributed by atoms with E-state index in [1.54, 1.807) is 19.5 Å². The van der Waals surface area contributed by atoms with E-state index in [9.17, 15) is 4.79 Å². The van der Waals surface area contributed by atoms with Gasteiger partial charge in [0.15, 0.2) is 5.65 Å². The molecule has 0 saturated carbocycles. The number of pyridine rings is 1. The lowest BCUT2D eigenvalue weighted by atomic mass is 9.95. The van der Waals surface area contributed by atoms with E-state index in [1.807, 2.05) is 36.5 Å². The number of fused-ring (bicyclic) bond motifs is 1. The van der Waals surface area contributed by atoms with Gasteiger partial charge in [-0.05, 0) is 36.6 Å². The molecule has 0 atom stereocenters. The van der Waals surface area contributed by atoms with Gasteiger partial charge in [-0.2, -0.15) is 0 Å². The maximum atomic E-state index is 12.5. The number of hydrogen-bond acceptors (Lipinski definition) is 6. The molecule has 7 heteroatoms. The van der Waals surface area contributed by atoms with Crippen LogP contribution in [0.25, 0.3) is 11.2 Å². The van der Waals surface area contributed by atoms with Crippen LogP contribution in [0.5, 0.6) is 5.75 Å². The largest absolute Gasteiger partial charge is 0.497 e. The quantitative estimate of drug-likeness (QED) is 0.736. The van der Waals surface area contributed by atoms with Gasteiger partial charge in [-0.15, -0.1) is 0 Å². The Balaban J connectivity index is 1.30. The van der Waals surface area contributed by atoms with E-state index in [2.05, 4.69) is 25.2 Å². The molecule has 1 N–H and O–H groups in total. The van der Waals surface area contributed by atoms with Crippen molar-refractivity contribution in [3.8, 4) is 5.75 Å². The van der Waals surface area contributed by atoms with E-state index in [0.29, 0.717) is 12.2 Å². The Labute approximate surface area is 163 Å². The van der Waals surface area contributed by atoms with Crippen LogP contribution in [0.2, 0.25) is 0 Å². The molecule has 1 saturated heterocycles. The molecule has 1 aliphatic rings. The second kappa shape index (κ2) is 8.21.